The molecule has 55 heavy (non-hydrogen) atoms. The molecule has 5 atom stereocenters. The number of pyridine rings is 1. The quantitative estimate of drug-likeness (QED) is 0.126. The summed E-state index contributed by atoms with van der Waals surface area (Å²) in [6.45, 7) is 12.0. The first-order valence-corrected chi connectivity index (χ1v) is 18.6. The molecule has 0 saturated carbocycles. The number of amides is 5. The third-order valence-corrected chi connectivity index (χ3v) is 9.83. The molecule has 1 fully saturated rings. The van der Waals surface area contributed by atoms with E-state index in [2.05, 4.69) is 27.1 Å². The van der Waals surface area contributed by atoms with Crippen LogP contribution in [0.25, 0.3) is 0 Å². The number of nitrogens with zero attached hydrogens (tertiary/aromatic N) is 5. The molecular weight excluding hydrogens is 701 g/mol. The van der Waals surface area contributed by atoms with Gasteiger partial charge in [-0.05, 0) is 60.1 Å². The van der Waals surface area contributed by atoms with Crippen LogP contribution in [0.5, 0.6) is 0 Å². The van der Waals surface area contributed by atoms with E-state index >= 15 is 0 Å². The SMILES string of the molecule is CC[C@H](C)[C@@H](C(=O)N[C@@H](Cc1ccccc1)[C@@H](O)CN(Cc1ccc(C#N)cc1)NC(=O)[C@@H](NC(=O)O)C(C)(C)C)N1CCN(Cc2cccc(C)n2)C1=O. The number of urea groups is 1. The summed E-state index contributed by atoms with van der Waals surface area (Å²) in [5.74, 6) is -1.24. The number of aliphatic hydroxyl groups excluding tert-OH is 1. The molecule has 2 heterocycles. The molecule has 0 unspecified atom stereocenters. The number of rotatable bonds is 17. The largest absolute Gasteiger partial charge is 0.465 e. The Kier molecular flexibility index (Phi) is 14.7. The fraction of sp³-hybridized carbons (Fsp3) is 0.463. The highest BCUT2D eigenvalue weighted by Crippen LogP contribution is 2.24. The number of hydrogen-bond donors (Lipinski definition) is 5. The smallest absolute Gasteiger partial charge is 0.405 e. The van der Waals surface area contributed by atoms with Crippen molar-refractivity contribution in [3.8, 4) is 6.07 Å². The van der Waals surface area contributed by atoms with E-state index in [1.54, 1.807) is 54.8 Å². The summed E-state index contributed by atoms with van der Waals surface area (Å²) >= 11 is 0. The van der Waals surface area contributed by atoms with Crippen LogP contribution in [0.4, 0.5) is 9.59 Å². The lowest BCUT2D eigenvalue weighted by molar-refractivity contribution is -0.132. The molecule has 1 aliphatic rings. The number of carbonyl (C=O) groups excluding carboxylic acids is 3. The Labute approximate surface area is 323 Å². The van der Waals surface area contributed by atoms with E-state index in [0.717, 1.165) is 17.0 Å². The highest BCUT2D eigenvalue weighted by molar-refractivity contribution is 5.88. The van der Waals surface area contributed by atoms with Gasteiger partial charge in [0.25, 0.3) is 5.91 Å². The average molecular weight is 755 g/mol. The van der Waals surface area contributed by atoms with Gasteiger partial charge in [0.2, 0.25) is 5.91 Å². The highest BCUT2D eigenvalue weighted by Gasteiger charge is 2.41. The maximum Gasteiger partial charge on any atom is 0.405 e. The minimum Gasteiger partial charge on any atom is -0.465 e. The predicted octanol–water partition coefficient (Wildman–Crippen LogP) is 4.22. The Balaban J connectivity index is 1.61. The Morgan fingerprint density at radius 2 is 1.65 bits per heavy atom. The van der Waals surface area contributed by atoms with Crippen molar-refractivity contribution in [3.05, 3.63) is 101 Å². The third kappa shape index (κ3) is 12.0. The van der Waals surface area contributed by atoms with Crippen LogP contribution < -0.4 is 16.1 Å². The van der Waals surface area contributed by atoms with Crippen LogP contribution in [0.2, 0.25) is 0 Å². The summed E-state index contributed by atoms with van der Waals surface area (Å²) < 4.78 is 0. The average Bonchev–Trinajstić information content (AvgIpc) is 3.48. The first-order valence-electron chi connectivity index (χ1n) is 18.6. The monoisotopic (exact) mass is 754 g/mol. The Morgan fingerprint density at radius 3 is 2.25 bits per heavy atom. The number of nitriles is 1. The lowest BCUT2D eigenvalue weighted by Crippen LogP contribution is -2.60. The van der Waals surface area contributed by atoms with E-state index in [9.17, 15) is 34.7 Å². The van der Waals surface area contributed by atoms with Gasteiger partial charge in [0.1, 0.15) is 12.1 Å². The molecule has 14 nitrogen and oxygen atoms in total. The molecule has 0 radical (unpaired) electrons. The minimum absolute atomic E-state index is 0.0911. The number of aliphatic hydroxyl groups is 1. The van der Waals surface area contributed by atoms with Gasteiger partial charge in [0, 0.05) is 31.9 Å². The lowest BCUT2D eigenvalue weighted by atomic mass is 9.86. The number of hydrazine groups is 1. The van der Waals surface area contributed by atoms with Gasteiger partial charge in [-0.2, -0.15) is 5.26 Å². The van der Waals surface area contributed by atoms with Crippen molar-refractivity contribution in [2.24, 2.45) is 11.3 Å². The van der Waals surface area contributed by atoms with Gasteiger partial charge >= 0.3 is 12.1 Å². The van der Waals surface area contributed by atoms with Crippen molar-refractivity contribution in [2.75, 3.05) is 19.6 Å². The second kappa shape index (κ2) is 19.2. The normalized spacial score (nSPS) is 15.8. The standard InChI is InChI=1S/C41H54N8O6/c1-7-27(2)35(49-21-20-47(40(49)55)25-32-15-11-12-28(3)43-32)37(51)44-33(22-29-13-9-8-10-14-29)34(50)26-48(24-31-18-16-30(23-42)17-19-31)46-38(52)36(41(4,5)6)45-39(53)54/h8-19,27,33-36,45,50H,7,20-22,24-26H2,1-6H3,(H,44,51)(H,46,52)(H,53,54)/t27-,33-,34-,35-,36+/m0/s1. The van der Waals surface area contributed by atoms with Crippen LogP contribution >= 0.6 is 0 Å². The maximum atomic E-state index is 14.4. The zero-order valence-corrected chi connectivity index (χ0v) is 32.5. The first-order chi connectivity index (χ1) is 26.1. The number of carboxylic acid groups (broad SMARTS) is 1. The number of aromatic nitrogens is 1. The summed E-state index contributed by atoms with van der Waals surface area (Å²) in [4.78, 5) is 61.4. The van der Waals surface area contributed by atoms with Gasteiger partial charge in [-0.1, -0.05) is 89.6 Å². The van der Waals surface area contributed by atoms with E-state index in [-0.39, 0.29) is 31.5 Å². The van der Waals surface area contributed by atoms with Crippen molar-refractivity contribution in [1.29, 1.82) is 5.26 Å². The van der Waals surface area contributed by atoms with E-state index in [4.69, 9.17) is 0 Å². The Hall–Kier alpha value is -5.52. The van der Waals surface area contributed by atoms with E-state index < -0.39 is 47.6 Å². The van der Waals surface area contributed by atoms with Gasteiger partial charge < -0.3 is 30.6 Å². The van der Waals surface area contributed by atoms with Crippen LogP contribution in [0.15, 0.2) is 72.8 Å². The molecule has 14 heteroatoms. The maximum absolute atomic E-state index is 14.4. The summed E-state index contributed by atoms with van der Waals surface area (Å²) in [6.07, 6.45) is -1.75. The number of nitrogens with one attached hydrogen (secondary N) is 3. The zero-order valence-electron chi connectivity index (χ0n) is 32.5. The molecule has 0 bridgehead atoms. The van der Waals surface area contributed by atoms with Gasteiger partial charge in [-0.15, -0.1) is 0 Å². The van der Waals surface area contributed by atoms with E-state index in [1.807, 2.05) is 69.3 Å². The summed E-state index contributed by atoms with van der Waals surface area (Å²) in [5.41, 5.74) is 5.63. The van der Waals surface area contributed by atoms with E-state index in [0.29, 0.717) is 37.2 Å². The zero-order chi connectivity index (χ0) is 40.3. The van der Waals surface area contributed by atoms with Crippen molar-refractivity contribution in [3.63, 3.8) is 0 Å². The predicted molar refractivity (Wildman–Crippen MR) is 207 cm³/mol. The van der Waals surface area contributed by atoms with Gasteiger partial charge in [-0.25, -0.2) is 14.6 Å². The minimum atomic E-state index is -1.36. The summed E-state index contributed by atoms with van der Waals surface area (Å²) in [6, 6.07) is 20.8. The Bertz CT molecular complexity index is 1810. The molecule has 1 aromatic heterocycles. The fourth-order valence-electron chi connectivity index (χ4n) is 6.67. The van der Waals surface area contributed by atoms with Crippen molar-refractivity contribution in [1.82, 2.24) is 35.9 Å². The molecular formula is C41H54N8O6. The van der Waals surface area contributed by atoms with Gasteiger partial charge in [0.05, 0.1) is 36.0 Å². The van der Waals surface area contributed by atoms with Crippen molar-refractivity contribution >= 4 is 23.9 Å². The van der Waals surface area contributed by atoms with Crippen LogP contribution in [0.3, 0.4) is 0 Å². The molecule has 2 aromatic carbocycles. The molecule has 5 N–H and O–H groups in total. The Morgan fingerprint density at radius 1 is 0.964 bits per heavy atom. The molecule has 1 aliphatic heterocycles. The number of aryl methyl sites for hydroxylation is 1. The van der Waals surface area contributed by atoms with Crippen molar-refractivity contribution < 1.29 is 29.4 Å². The third-order valence-electron chi connectivity index (χ3n) is 9.83. The first kappa shape index (κ1) is 42.2. The molecule has 4 rings (SSSR count). The van der Waals surface area contributed by atoms with Crippen LogP contribution in [0, 0.1) is 29.6 Å². The molecule has 5 amide bonds. The topological polar surface area (TPSA) is 191 Å². The highest BCUT2D eigenvalue weighted by atomic mass is 16.4. The van der Waals surface area contributed by atoms with Crippen LogP contribution in [-0.2, 0) is 29.1 Å². The van der Waals surface area contributed by atoms with Crippen LogP contribution in [0.1, 0.15) is 69.1 Å². The van der Waals surface area contributed by atoms with Crippen LogP contribution in [-0.4, -0.2) is 97.8 Å². The summed E-state index contributed by atoms with van der Waals surface area (Å²) in [5, 5.41) is 37.6. The number of carbonyl (C=O) groups is 4. The van der Waals surface area contributed by atoms with Gasteiger partial charge in [0.15, 0.2) is 0 Å². The number of benzene rings is 2. The molecule has 3 aromatic rings. The summed E-state index contributed by atoms with van der Waals surface area (Å²) in [7, 11) is 0. The molecule has 1 saturated heterocycles. The second-order valence-electron chi connectivity index (χ2n) is 15.3. The molecule has 294 valence electrons. The fourth-order valence-corrected chi connectivity index (χ4v) is 6.67. The number of hydrogen-bond acceptors (Lipinski definition) is 8. The molecule has 0 spiro atoms. The second-order valence-corrected chi connectivity index (χ2v) is 15.3. The van der Waals surface area contributed by atoms with E-state index in [1.165, 1.54) is 5.01 Å². The lowest BCUT2D eigenvalue weighted by Gasteiger charge is -2.36. The van der Waals surface area contributed by atoms with Crippen molar-refractivity contribution in [2.45, 2.75) is 91.7 Å². The molecule has 0 aliphatic carbocycles. The van der Waals surface area contributed by atoms with Gasteiger partial charge in [-0.3, -0.25) is 20.0 Å².